The molecular formula is C17H26ClFN2O. The smallest absolute Gasteiger partial charge is 0.142 e. The first-order valence-corrected chi connectivity index (χ1v) is 8.41. The summed E-state index contributed by atoms with van der Waals surface area (Å²) in [5.41, 5.74) is 0.744. The van der Waals surface area contributed by atoms with Gasteiger partial charge in [0.1, 0.15) is 5.82 Å². The number of nitrogens with zero attached hydrogens (tertiary/aromatic N) is 1. The third kappa shape index (κ3) is 4.92. The number of hydrogen-bond acceptors (Lipinski definition) is 3. The molecule has 5 heteroatoms. The number of nitrogens with one attached hydrogen (secondary N) is 1. The van der Waals surface area contributed by atoms with Crippen molar-refractivity contribution in [1.29, 1.82) is 0 Å². The number of aliphatic hydroxyl groups is 1. The topological polar surface area (TPSA) is 35.5 Å². The molecule has 2 rings (SSSR count). The normalized spacial score (nSPS) is 18.8. The van der Waals surface area contributed by atoms with Crippen molar-refractivity contribution in [2.24, 2.45) is 5.92 Å². The molecule has 1 aromatic rings. The molecule has 0 aromatic heterocycles. The van der Waals surface area contributed by atoms with Gasteiger partial charge in [0.2, 0.25) is 0 Å². The lowest BCUT2D eigenvalue weighted by Crippen LogP contribution is -2.45. The lowest BCUT2D eigenvalue weighted by Gasteiger charge is -2.35. The van der Waals surface area contributed by atoms with Gasteiger partial charge in [0.05, 0.1) is 17.7 Å². The third-order valence-electron chi connectivity index (χ3n) is 4.18. The minimum absolute atomic E-state index is 0.0483. The average molecular weight is 329 g/mol. The fraction of sp³-hybridized carbons (Fsp3) is 0.647. The van der Waals surface area contributed by atoms with Crippen LogP contribution >= 0.6 is 11.6 Å². The molecule has 124 valence electrons. The maximum absolute atomic E-state index is 13.6. The zero-order valence-electron chi connectivity index (χ0n) is 13.4. The summed E-state index contributed by atoms with van der Waals surface area (Å²) in [5, 5.41) is 13.2. The number of aliphatic hydroxyl groups excluding tert-OH is 1. The number of benzene rings is 1. The van der Waals surface area contributed by atoms with Crippen LogP contribution in [0.15, 0.2) is 18.2 Å². The Labute approximate surface area is 137 Å². The molecule has 1 atom stereocenters. The Morgan fingerprint density at radius 3 is 2.59 bits per heavy atom. The van der Waals surface area contributed by atoms with Crippen LogP contribution in [0.25, 0.3) is 0 Å². The summed E-state index contributed by atoms with van der Waals surface area (Å²) in [6, 6.07) is 4.84. The Hall–Kier alpha value is -0.680. The molecule has 1 aliphatic rings. The largest absolute Gasteiger partial charge is 0.394 e. The Bertz CT molecular complexity index is 476. The number of likely N-dealkylation sites (tertiary alicyclic amines) is 1. The first kappa shape index (κ1) is 17.7. The van der Waals surface area contributed by atoms with Crippen LogP contribution in [-0.4, -0.2) is 42.3 Å². The molecule has 3 nitrogen and oxygen atoms in total. The summed E-state index contributed by atoms with van der Waals surface area (Å²) in [4.78, 5) is 2.48. The van der Waals surface area contributed by atoms with Gasteiger partial charge in [0.15, 0.2) is 0 Å². The Balaban J connectivity index is 1.90. The van der Waals surface area contributed by atoms with Gasteiger partial charge in [-0.25, -0.2) is 4.39 Å². The van der Waals surface area contributed by atoms with Crippen LogP contribution in [0.2, 0.25) is 5.02 Å². The van der Waals surface area contributed by atoms with Gasteiger partial charge in [-0.05, 0) is 49.5 Å². The van der Waals surface area contributed by atoms with Gasteiger partial charge in [-0.2, -0.15) is 0 Å². The molecule has 1 heterocycles. The van der Waals surface area contributed by atoms with Crippen LogP contribution in [0.1, 0.15) is 38.3 Å². The van der Waals surface area contributed by atoms with E-state index in [0.29, 0.717) is 12.0 Å². The molecular weight excluding hydrogens is 303 g/mol. The minimum atomic E-state index is -0.439. The molecule has 1 aromatic carbocycles. The molecule has 0 aliphatic carbocycles. The summed E-state index contributed by atoms with van der Waals surface area (Å²) in [5.74, 6) is 0.248. The second-order valence-electron chi connectivity index (χ2n) is 6.54. The van der Waals surface area contributed by atoms with Crippen molar-refractivity contribution in [3.05, 3.63) is 34.6 Å². The van der Waals surface area contributed by atoms with E-state index < -0.39 is 5.82 Å². The average Bonchev–Trinajstić information content (AvgIpc) is 2.49. The van der Waals surface area contributed by atoms with Gasteiger partial charge in [-0.1, -0.05) is 31.5 Å². The minimum Gasteiger partial charge on any atom is -0.394 e. The fourth-order valence-electron chi connectivity index (χ4n) is 3.07. The summed E-state index contributed by atoms with van der Waals surface area (Å²) < 4.78 is 13.6. The van der Waals surface area contributed by atoms with Gasteiger partial charge in [-0.15, -0.1) is 0 Å². The standard InChI is InChI=1S/C17H26ClFN2O/c1-12(2)10-21-7-5-14(6-8-21)20-17(11-22)13-3-4-15(18)16(19)9-13/h3-4,9,12,14,17,20,22H,5-8,10-11H2,1-2H3. The molecule has 0 spiro atoms. The van der Waals surface area contributed by atoms with Crippen LogP contribution in [-0.2, 0) is 0 Å². The molecule has 1 unspecified atom stereocenters. The van der Waals surface area contributed by atoms with E-state index in [1.54, 1.807) is 12.1 Å². The molecule has 1 fully saturated rings. The number of hydrogen-bond donors (Lipinski definition) is 2. The number of rotatable bonds is 6. The van der Waals surface area contributed by atoms with E-state index in [-0.39, 0.29) is 17.7 Å². The molecule has 0 radical (unpaired) electrons. The zero-order valence-corrected chi connectivity index (χ0v) is 14.1. The second-order valence-corrected chi connectivity index (χ2v) is 6.95. The fourth-order valence-corrected chi connectivity index (χ4v) is 3.18. The SMILES string of the molecule is CC(C)CN1CCC(NC(CO)c2ccc(Cl)c(F)c2)CC1. The van der Waals surface area contributed by atoms with Crippen LogP contribution in [0.3, 0.4) is 0 Å². The van der Waals surface area contributed by atoms with E-state index >= 15 is 0 Å². The maximum atomic E-state index is 13.6. The first-order valence-electron chi connectivity index (χ1n) is 8.03. The lowest BCUT2D eigenvalue weighted by atomic mass is 10.0. The second kappa shape index (κ2) is 8.25. The summed E-state index contributed by atoms with van der Waals surface area (Å²) in [6.07, 6.45) is 2.11. The van der Waals surface area contributed by atoms with E-state index in [1.165, 1.54) is 6.07 Å². The van der Waals surface area contributed by atoms with Crippen molar-refractivity contribution in [2.75, 3.05) is 26.2 Å². The van der Waals surface area contributed by atoms with Crippen LogP contribution in [0, 0.1) is 11.7 Å². The molecule has 0 saturated carbocycles. The van der Waals surface area contributed by atoms with Crippen molar-refractivity contribution in [3.8, 4) is 0 Å². The van der Waals surface area contributed by atoms with Crippen molar-refractivity contribution < 1.29 is 9.50 Å². The monoisotopic (exact) mass is 328 g/mol. The Kier molecular flexibility index (Phi) is 6.63. The van der Waals surface area contributed by atoms with E-state index in [0.717, 1.165) is 38.0 Å². The summed E-state index contributed by atoms with van der Waals surface area (Å²) in [7, 11) is 0. The van der Waals surface area contributed by atoms with E-state index in [9.17, 15) is 9.50 Å². The van der Waals surface area contributed by atoms with E-state index in [2.05, 4.69) is 24.1 Å². The summed E-state index contributed by atoms with van der Waals surface area (Å²) in [6.45, 7) is 7.71. The van der Waals surface area contributed by atoms with Gasteiger partial charge in [0.25, 0.3) is 0 Å². The Morgan fingerprint density at radius 1 is 1.36 bits per heavy atom. The van der Waals surface area contributed by atoms with E-state index in [4.69, 9.17) is 11.6 Å². The third-order valence-corrected chi connectivity index (χ3v) is 4.48. The maximum Gasteiger partial charge on any atom is 0.142 e. The number of piperidine rings is 1. The molecule has 1 saturated heterocycles. The highest BCUT2D eigenvalue weighted by Gasteiger charge is 2.22. The predicted octanol–water partition coefficient (Wildman–Crippen LogP) is 3.22. The van der Waals surface area contributed by atoms with Crippen LogP contribution in [0.4, 0.5) is 4.39 Å². The van der Waals surface area contributed by atoms with Gasteiger partial charge in [-0.3, -0.25) is 0 Å². The highest BCUT2D eigenvalue weighted by Crippen LogP contribution is 2.22. The molecule has 22 heavy (non-hydrogen) atoms. The highest BCUT2D eigenvalue weighted by atomic mass is 35.5. The van der Waals surface area contributed by atoms with Crippen molar-refractivity contribution in [1.82, 2.24) is 10.2 Å². The van der Waals surface area contributed by atoms with Crippen molar-refractivity contribution in [2.45, 2.75) is 38.8 Å². The number of halogens is 2. The zero-order chi connectivity index (χ0) is 16.1. The van der Waals surface area contributed by atoms with Crippen molar-refractivity contribution >= 4 is 11.6 Å². The predicted molar refractivity (Wildman–Crippen MR) is 88.7 cm³/mol. The highest BCUT2D eigenvalue weighted by molar-refractivity contribution is 6.30. The summed E-state index contributed by atoms with van der Waals surface area (Å²) >= 11 is 5.71. The van der Waals surface area contributed by atoms with Gasteiger partial charge >= 0.3 is 0 Å². The lowest BCUT2D eigenvalue weighted by molar-refractivity contribution is 0.160. The first-order chi connectivity index (χ1) is 10.5. The molecule has 1 aliphatic heterocycles. The quantitative estimate of drug-likeness (QED) is 0.841. The van der Waals surface area contributed by atoms with Gasteiger partial charge < -0.3 is 15.3 Å². The van der Waals surface area contributed by atoms with Crippen LogP contribution in [0.5, 0.6) is 0 Å². The molecule has 0 amide bonds. The van der Waals surface area contributed by atoms with Crippen LogP contribution < -0.4 is 5.32 Å². The Morgan fingerprint density at radius 2 is 2.05 bits per heavy atom. The molecule has 0 bridgehead atoms. The van der Waals surface area contributed by atoms with Crippen molar-refractivity contribution in [3.63, 3.8) is 0 Å². The molecule has 2 N–H and O–H groups in total. The van der Waals surface area contributed by atoms with E-state index in [1.807, 2.05) is 0 Å². The van der Waals surface area contributed by atoms with Gasteiger partial charge in [0, 0.05) is 12.6 Å².